The summed E-state index contributed by atoms with van der Waals surface area (Å²) in [6, 6.07) is 0. The van der Waals surface area contributed by atoms with Gasteiger partial charge < -0.3 is 14.6 Å². The van der Waals surface area contributed by atoms with Gasteiger partial charge in [-0.15, -0.1) is 0 Å². The number of Topliss-reactive ketones (excluding diaryl/α,β-unsaturated/α-hetero) is 4. The van der Waals surface area contributed by atoms with Gasteiger partial charge in [0.15, 0.2) is 51.7 Å². The second-order valence-electron chi connectivity index (χ2n) is 40.1. The minimum Gasteiger partial charge on any atom is -0.451 e. The van der Waals surface area contributed by atoms with Crippen molar-refractivity contribution < 1.29 is 62.5 Å². The predicted molar refractivity (Wildman–Crippen MR) is 401 cm³/mol. The van der Waals surface area contributed by atoms with Crippen LogP contribution in [0.25, 0.3) is 0 Å². The first-order chi connectivity index (χ1) is 48.6. The van der Waals surface area contributed by atoms with Gasteiger partial charge in [0, 0.05) is 61.7 Å². The number of fused-ring (bicyclic) bond motifs is 20. The molecule has 12 fully saturated rings. The van der Waals surface area contributed by atoms with Crippen molar-refractivity contribution in [1.29, 1.82) is 0 Å². The molecular weight excluding hydrogens is 1300 g/mol. The van der Waals surface area contributed by atoms with Crippen LogP contribution >= 0.6 is 0 Å². The third kappa shape index (κ3) is 11.5. The Morgan fingerprint density at radius 1 is 0.356 bits per heavy atom. The van der Waals surface area contributed by atoms with Crippen molar-refractivity contribution in [3.8, 4) is 0 Å². The van der Waals surface area contributed by atoms with Gasteiger partial charge in [-0.05, 0) is 328 Å². The summed E-state index contributed by atoms with van der Waals surface area (Å²) in [7, 11) is 0. The van der Waals surface area contributed by atoms with Gasteiger partial charge in [0.25, 0.3) is 0 Å². The molecule has 13 heteroatoms. The molecule has 0 heterocycles. The summed E-state index contributed by atoms with van der Waals surface area (Å²) in [5.74, 6) is 9.21. The van der Waals surface area contributed by atoms with Crippen LogP contribution in [0.4, 0.5) is 0 Å². The van der Waals surface area contributed by atoms with Crippen LogP contribution < -0.4 is 0 Å². The normalized spacial score (nSPS) is 48.9. The molecule has 0 saturated heterocycles. The second-order valence-corrected chi connectivity index (χ2v) is 40.1. The number of aliphatic hydroxyl groups is 1. The number of rotatable bonds is 6. The maximum absolute atomic E-state index is 12.8. The van der Waals surface area contributed by atoms with Crippen LogP contribution in [0.5, 0.6) is 0 Å². The van der Waals surface area contributed by atoms with Crippen LogP contribution in [-0.4, -0.2) is 80.1 Å². The molecule has 16 rings (SSSR count). The fourth-order valence-electron chi connectivity index (χ4n) is 30.9. The molecule has 0 aliphatic heterocycles. The Hall–Kier alpha value is -4.78. The highest BCUT2D eigenvalue weighted by Crippen LogP contribution is 2.74. The number of ketones is 8. The molecule has 0 amide bonds. The van der Waals surface area contributed by atoms with Crippen molar-refractivity contribution in [2.45, 2.75) is 321 Å². The van der Waals surface area contributed by atoms with Crippen molar-refractivity contribution >= 4 is 58.2 Å². The second kappa shape index (κ2) is 26.8. The fraction of sp³-hybridized carbons (Fsp3) is 0.802. The quantitative estimate of drug-likeness (QED) is 0.246. The minimum absolute atomic E-state index is 0.00469. The highest BCUT2D eigenvalue weighted by Gasteiger charge is 2.72. The highest BCUT2D eigenvalue weighted by molar-refractivity contribution is 5.94. The Labute approximate surface area is 622 Å². The third-order valence-corrected chi connectivity index (χ3v) is 36.0. The molecule has 16 aliphatic carbocycles. The van der Waals surface area contributed by atoms with E-state index in [2.05, 4.69) is 76.2 Å². The van der Waals surface area contributed by atoms with E-state index in [0.717, 1.165) is 140 Å². The average Bonchev–Trinajstić information content (AvgIpc) is 1.48. The first kappa shape index (κ1) is 77.4. The van der Waals surface area contributed by atoms with Gasteiger partial charge in [0.2, 0.25) is 0 Å². The summed E-state index contributed by atoms with van der Waals surface area (Å²) >= 11 is 0. The Kier molecular flexibility index (Phi) is 19.9. The number of carbonyl (C=O) groups excluding carboxylic acids is 10. The standard InChI is InChI=1S/2C24H34O4.C22H32O3.C21H30O2/c2*1-14-12-18-19(22(4)9-6-17(27)13-21(14)22)7-10-23(5)20(18)8-11-24(23,15(2)25)28-16(3)26;1-13-11-16-17(20(3)8-5-15(24)12-19(13)20)6-9-21(4)18(16)7-10-22(21,25)14(2)23;1-13(22)17-6-7-18-16-5-4-14-12-15(23)8-10-20(14,2)19(16)9-11-21(17,18)3/h2*13-14,18-20H,6-12H2,1-5H3;12-13,16-18,25H,5-11H2,1-4H3;12,16-19H,4-11H2,1-3H3/t2*14-,18+,19-,20-,22+,23-,24-;13-,16+,17-,18-,20+,21-,22-;16-,17+,18-,19-,20-,21+/m0000/s1. The summed E-state index contributed by atoms with van der Waals surface area (Å²) < 4.78 is 11.7. The lowest BCUT2D eigenvalue weighted by molar-refractivity contribution is -0.187. The Morgan fingerprint density at radius 3 is 1.09 bits per heavy atom. The summed E-state index contributed by atoms with van der Waals surface area (Å²) in [5.41, 5.74) is 2.49. The van der Waals surface area contributed by atoms with E-state index in [0.29, 0.717) is 133 Å². The minimum atomic E-state index is -1.13. The molecule has 572 valence electrons. The third-order valence-electron chi connectivity index (χ3n) is 36.0. The Morgan fingerprint density at radius 2 is 0.702 bits per heavy atom. The zero-order valence-corrected chi connectivity index (χ0v) is 66.9. The van der Waals surface area contributed by atoms with E-state index in [1.165, 1.54) is 61.8 Å². The van der Waals surface area contributed by atoms with Crippen LogP contribution in [0.2, 0.25) is 0 Å². The van der Waals surface area contributed by atoms with Gasteiger partial charge in [-0.2, -0.15) is 0 Å². The molecular formula is C91H130O13. The van der Waals surface area contributed by atoms with Crippen LogP contribution in [-0.2, 0) is 57.4 Å². The summed E-state index contributed by atoms with van der Waals surface area (Å²) in [5, 5.41) is 11.2. The number of allylic oxidation sites excluding steroid dienone is 4. The number of esters is 2. The number of ether oxygens (including phenoxy) is 2. The zero-order valence-electron chi connectivity index (χ0n) is 66.9. The zero-order chi connectivity index (χ0) is 75.6. The molecule has 27 atom stereocenters. The van der Waals surface area contributed by atoms with E-state index < -0.39 is 16.8 Å². The molecule has 0 spiro atoms. The molecule has 1 N–H and O–H groups in total. The van der Waals surface area contributed by atoms with Crippen molar-refractivity contribution in [2.75, 3.05) is 0 Å². The number of hydrogen-bond acceptors (Lipinski definition) is 13. The molecule has 0 unspecified atom stereocenters. The van der Waals surface area contributed by atoms with E-state index in [1.54, 1.807) is 27.7 Å². The molecule has 104 heavy (non-hydrogen) atoms. The Bertz CT molecular complexity index is 3600. The lowest BCUT2D eigenvalue weighted by atomic mass is 9.44. The maximum Gasteiger partial charge on any atom is 0.303 e. The molecule has 0 aromatic rings. The number of hydrogen-bond donors (Lipinski definition) is 1. The number of carbonyl (C=O) groups is 10. The van der Waals surface area contributed by atoms with Crippen molar-refractivity contribution in [1.82, 2.24) is 0 Å². The molecule has 0 bridgehead atoms. The van der Waals surface area contributed by atoms with Crippen LogP contribution in [0.15, 0.2) is 46.6 Å². The van der Waals surface area contributed by atoms with Gasteiger partial charge in [-0.25, -0.2) is 0 Å². The molecule has 0 aromatic heterocycles. The van der Waals surface area contributed by atoms with Gasteiger partial charge in [-0.1, -0.05) is 98.5 Å². The molecule has 0 aromatic carbocycles. The largest absolute Gasteiger partial charge is 0.451 e. The molecule has 13 nitrogen and oxygen atoms in total. The summed E-state index contributed by atoms with van der Waals surface area (Å²) in [6.07, 6.45) is 35.6. The Balaban J connectivity index is 0.000000124. The first-order valence-corrected chi connectivity index (χ1v) is 41.7. The lowest BCUT2D eigenvalue weighted by Crippen LogP contribution is -2.59. The van der Waals surface area contributed by atoms with Crippen LogP contribution in [0, 0.1) is 138 Å². The van der Waals surface area contributed by atoms with Crippen LogP contribution in [0.1, 0.15) is 304 Å². The maximum atomic E-state index is 12.8. The van der Waals surface area contributed by atoms with Crippen molar-refractivity contribution in [3.63, 3.8) is 0 Å². The van der Waals surface area contributed by atoms with E-state index in [-0.39, 0.29) is 84.2 Å². The van der Waals surface area contributed by atoms with Gasteiger partial charge in [-0.3, -0.25) is 47.9 Å². The summed E-state index contributed by atoms with van der Waals surface area (Å²) in [4.78, 5) is 122. The lowest BCUT2D eigenvalue weighted by Gasteiger charge is -2.60. The smallest absolute Gasteiger partial charge is 0.303 e. The van der Waals surface area contributed by atoms with Crippen LogP contribution in [0.3, 0.4) is 0 Å². The van der Waals surface area contributed by atoms with E-state index in [9.17, 15) is 53.1 Å². The topological polar surface area (TPSA) is 209 Å². The van der Waals surface area contributed by atoms with Crippen molar-refractivity contribution in [3.05, 3.63) is 46.6 Å². The van der Waals surface area contributed by atoms with Gasteiger partial charge >= 0.3 is 11.9 Å². The van der Waals surface area contributed by atoms with Gasteiger partial charge in [0.1, 0.15) is 11.4 Å². The van der Waals surface area contributed by atoms with Crippen molar-refractivity contribution in [2.24, 2.45) is 138 Å². The van der Waals surface area contributed by atoms with Gasteiger partial charge in [0.05, 0.1) is 0 Å². The van der Waals surface area contributed by atoms with E-state index in [4.69, 9.17) is 9.47 Å². The molecule has 16 aliphatic rings. The summed E-state index contributed by atoms with van der Waals surface area (Å²) in [6.45, 7) is 34.8. The molecule has 0 radical (unpaired) electrons. The highest BCUT2D eigenvalue weighted by atomic mass is 16.6. The predicted octanol–water partition coefficient (Wildman–Crippen LogP) is 18.1. The molecule has 12 saturated carbocycles. The fourth-order valence-corrected chi connectivity index (χ4v) is 30.9. The SMILES string of the molecule is CC(=O)O[C@]1(C(C)=O)CC[C@H]2[C@@H]3C[C@H](C)C4=CC(=O)CC[C@]4(C)[C@H]3CC[C@@]21C.CC(=O)O[C@]1(C(C)=O)CC[C@H]2[C@@H]3C[C@H](C)C4=CC(=O)CC[C@]4(C)[C@H]3CC[C@@]21C.CC(=O)[C@@]1(O)CC[C@H]2[C@@H]3C[C@H](C)C4=CC(=O)CC[C@]4(C)[C@H]3CC[C@@]21C.CC(=O)[C@H]1CC[C@H]2[C@@H]3CCC4=CC(=O)CC[C@]4(C)[C@H]3CC[C@]12C. The monoisotopic (exact) mass is 1430 g/mol. The van der Waals surface area contributed by atoms with E-state index in [1.807, 2.05) is 24.3 Å². The first-order valence-electron chi connectivity index (χ1n) is 41.7. The van der Waals surface area contributed by atoms with E-state index >= 15 is 0 Å². The average molecular weight is 1430 g/mol.